The number of nitrogens with one attached hydrogen (secondary N) is 2. The van der Waals surface area contributed by atoms with E-state index in [4.69, 9.17) is 4.74 Å². The van der Waals surface area contributed by atoms with Crippen LogP contribution in [0.3, 0.4) is 0 Å². The summed E-state index contributed by atoms with van der Waals surface area (Å²) in [5.74, 6) is 0.106. The standard InChI is InChI=1S/C23H26N2O4/c1-15(2)24-13-20(27)14-29-22-11-17-7-4-3-6-16(17)10-21(22)23(28)25-18-8-5-9-19(26)12-18/h3-12,15,20,24,26-27H,13-14H2,1-2H3,(H,25,28). The first-order valence-electron chi connectivity index (χ1n) is 9.60. The molecule has 1 atom stereocenters. The molecule has 0 radical (unpaired) electrons. The van der Waals surface area contributed by atoms with Gasteiger partial charge in [-0.3, -0.25) is 4.79 Å². The number of hydrogen-bond donors (Lipinski definition) is 4. The summed E-state index contributed by atoms with van der Waals surface area (Å²) in [7, 11) is 0. The van der Waals surface area contributed by atoms with Crippen LogP contribution in [-0.4, -0.2) is 41.4 Å². The van der Waals surface area contributed by atoms with Gasteiger partial charge in [0.25, 0.3) is 5.91 Å². The molecule has 3 rings (SSSR count). The molecule has 0 fully saturated rings. The molecule has 3 aromatic carbocycles. The Bertz CT molecular complexity index is 988. The number of fused-ring (bicyclic) bond motifs is 1. The lowest BCUT2D eigenvalue weighted by atomic mass is 10.0. The zero-order valence-electron chi connectivity index (χ0n) is 16.6. The Hall–Kier alpha value is -3.09. The molecule has 1 unspecified atom stereocenters. The third-order valence-corrected chi connectivity index (χ3v) is 4.39. The summed E-state index contributed by atoms with van der Waals surface area (Å²) in [4.78, 5) is 12.9. The molecule has 0 aliphatic carbocycles. The van der Waals surface area contributed by atoms with E-state index in [0.29, 0.717) is 23.5 Å². The third-order valence-electron chi connectivity index (χ3n) is 4.39. The lowest BCUT2D eigenvalue weighted by Crippen LogP contribution is -2.35. The van der Waals surface area contributed by atoms with Crippen LogP contribution in [-0.2, 0) is 0 Å². The van der Waals surface area contributed by atoms with Crippen molar-refractivity contribution >= 4 is 22.4 Å². The Balaban J connectivity index is 1.83. The summed E-state index contributed by atoms with van der Waals surface area (Å²) >= 11 is 0. The van der Waals surface area contributed by atoms with E-state index in [1.165, 1.54) is 12.1 Å². The number of ether oxygens (including phenoxy) is 1. The highest BCUT2D eigenvalue weighted by molar-refractivity contribution is 6.08. The van der Waals surface area contributed by atoms with E-state index in [-0.39, 0.29) is 24.3 Å². The van der Waals surface area contributed by atoms with E-state index < -0.39 is 6.10 Å². The quantitative estimate of drug-likeness (QED) is 0.469. The molecule has 6 nitrogen and oxygen atoms in total. The molecule has 0 aliphatic heterocycles. The first-order valence-corrected chi connectivity index (χ1v) is 9.60. The van der Waals surface area contributed by atoms with E-state index in [1.54, 1.807) is 24.3 Å². The highest BCUT2D eigenvalue weighted by atomic mass is 16.5. The van der Waals surface area contributed by atoms with Crippen molar-refractivity contribution in [3.05, 3.63) is 66.2 Å². The Morgan fingerprint density at radius 2 is 1.76 bits per heavy atom. The van der Waals surface area contributed by atoms with Crippen LogP contribution in [0.4, 0.5) is 5.69 Å². The second-order valence-electron chi connectivity index (χ2n) is 7.23. The van der Waals surface area contributed by atoms with Crippen LogP contribution in [0.1, 0.15) is 24.2 Å². The van der Waals surface area contributed by atoms with Gasteiger partial charge in [0.2, 0.25) is 0 Å². The minimum absolute atomic E-state index is 0.0600. The number of aliphatic hydroxyl groups is 1. The van der Waals surface area contributed by atoms with Gasteiger partial charge in [-0.1, -0.05) is 44.2 Å². The van der Waals surface area contributed by atoms with Crippen molar-refractivity contribution < 1.29 is 19.7 Å². The second-order valence-corrected chi connectivity index (χ2v) is 7.23. The van der Waals surface area contributed by atoms with E-state index in [1.807, 2.05) is 38.1 Å². The normalized spacial score (nSPS) is 12.1. The van der Waals surface area contributed by atoms with Crippen molar-refractivity contribution in [1.29, 1.82) is 0 Å². The Morgan fingerprint density at radius 3 is 2.45 bits per heavy atom. The number of rotatable bonds is 8. The average Bonchev–Trinajstić information content (AvgIpc) is 2.70. The SMILES string of the molecule is CC(C)NCC(O)COc1cc2ccccc2cc1C(=O)Nc1cccc(O)c1. The number of carbonyl (C=O) groups excluding carboxylic acids is 1. The fraction of sp³-hybridized carbons (Fsp3) is 0.261. The number of carbonyl (C=O) groups is 1. The van der Waals surface area contributed by atoms with Crippen LogP contribution in [0.5, 0.6) is 11.5 Å². The van der Waals surface area contributed by atoms with Crippen LogP contribution in [0.15, 0.2) is 60.7 Å². The van der Waals surface area contributed by atoms with Crippen LogP contribution < -0.4 is 15.4 Å². The molecule has 4 N–H and O–H groups in total. The van der Waals surface area contributed by atoms with Gasteiger partial charge in [0.05, 0.1) is 5.56 Å². The highest BCUT2D eigenvalue weighted by Crippen LogP contribution is 2.27. The van der Waals surface area contributed by atoms with Gasteiger partial charge >= 0.3 is 0 Å². The molecule has 1 amide bonds. The van der Waals surface area contributed by atoms with Gasteiger partial charge < -0.3 is 25.6 Å². The summed E-state index contributed by atoms with van der Waals surface area (Å²) in [6.45, 7) is 4.46. The molecular formula is C23H26N2O4. The molecular weight excluding hydrogens is 368 g/mol. The fourth-order valence-electron chi connectivity index (χ4n) is 2.92. The van der Waals surface area contributed by atoms with Gasteiger partial charge in [0, 0.05) is 24.3 Å². The largest absolute Gasteiger partial charge is 0.508 e. The minimum Gasteiger partial charge on any atom is -0.508 e. The zero-order chi connectivity index (χ0) is 20.8. The monoisotopic (exact) mass is 394 g/mol. The number of amides is 1. The molecule has 6 heteroatoms. The maximum absolute atomic E-state index is 12.9. The predicted molar refractivity (Wildman–Crippen MR) is 115 cm³/mol. The number of phenols is 1. The fourth-order valence-corrected chi connectivity index (χ4v) is 2.92. The zero-order valence-corrected chi connectivity index (χ0v) is 16.6. The van der Waals surface area contributed by atoms with Crippen molar-refractivity contribution in [3.63, 3.8) is 0 Å². The molecule has 0 spiro atoms. The summed E-state index contributed by atoms with van der Waals surface area (Å²) in [6, 6.07) is 17.9. The lowest BCUT2D eigenvalue weighted by Gasteiger charge is -2.17. The maximum Gasteiger partial charge on any atom is 0.259 e. The molecule has 152 valence electrons. The lowest BCUT2D eigenvalue weighted by molar-refractivity contribution is 0.0975. The molecule has 0 saturated carbocycles. The van der Waals surface area contributed by atoms with Gasteiger partial charge in [-0.15, -0.1) is 0 Å². The van der Waals surface area contributed by atoms with Crippen molar-refractivity contribution in [2.75, 3.05) is 18.5 Å². The molecule has 0 heterocycles. The summed E-state index contributed by atoms with van der Waals surface area (Å²) in [5, 5.41) is 27.5. The second kappa shape index (κ2) is 9.41. The summed E-state index contributed by atoms with van der Waals surface area (Å²) in [5.41, 5.74) is 0.839. The maximum atomic E-state index is 12.9. The van der Waals surface area contributed by atoms with E-state index in [2.05, 4.69) is 10.6 Å². The topological polar surface area (TPSA) is 90.8 Å². The molecule has 0 saturated heterocycles. The summed E-state index contributed by atoms with van der Waals surface area (Å²) < 4.78 is 5.82. The van der Waals surface area contributed by atoms with E-state index >= 15 is 0 Å². The number of anilines is 1. The van der Waals surface area contributed by atoms with Gasteiger partial charge in [-0.05, 0) is 35.0 Å². The smallest absolute Gasteiger partial charge is 0.259 e. The number of hydrogen-bond acceptors (Lipinski definition) is 5. The van der Waals surface area contributed by atoms with Gasteiger partial charge in [-0.25, -0.2) is 0 Å². The first-order chi connectivity index (χ1) is 13.9. The Kier molecular flexibility index (Phi) is 6.69. The van der Waals surface area contributed by atoms with Crippen molar-refractivity contribution in [2.45, 2.75) is 26.0 Å². The van der Waals surface area contributed by atoms with Crippen LogP contribution in [0, 0.1) is 0 Å². The highest BCUT2D eigenvalue weighted by Gasteiger charge is 2.16. The van der Waals surface area contributed by atoms with Crippen LogP contribution in [0.2, 0.25) is 0 Å². The van der Waals surface area contributed by atoms with Gasteiger partial charge in [0.1, 0.15) is 24.2 Å². The van der Waals surface area contributed by atoms with Crippen molar-refractivity contribution in [1.82, 2.24) is 5.32 Å². The number of aromatic hydroxyl groups is 1. The minimum atomic E-state index is -0.703. The molecule has 3 aromatic rings. The molecule has 29 heavy (non-hydrogen) atoms. The van der Waals surface area contributed by atoms with Crippen molar-refractivity contribution in [2.24, 2.45) is 0 Å². The summed E-state index contributed by atoms with van der Waals surface area (Å²) in [6.07, 6.45) is -0.703. The van der Waals surface area contributed by atoms with Crippen LogP contribution in [0.25, 0.3) is 10.8 Å². The number of phenolic OH excluding ortho intramolecular Hbond substituents is 1. The van der Waals surface area contributed by atoms with Crippen LogP contribution >= 0.6 is 0 Å². The van der Waals surface area contributed by atoms with Gasteiger partial charge in [-0.2, -0.15) is 0 Å². The number of benzene rings is 3. The first kappa shape index (κ1) is 20.6. The Labute approximate surface area is 170 Å². The van der Waals surface area contributed by atoms with Gasteiger partial charge in [0.15, 0.2) is 0 Å². The van der Waals surface area contributed by atoms with E-state index in [0.717, 1.165) is 10.8 Å². The average molecular weight is 394 g/mol. The predicted octanol–water partition coefficient (Wildman–Crippen LogP) is 3.54. The number of aliphatic hydroxyl groups excluding tert-OH is 1. The van der Waals surface area contributed by atoms with Crippen molar-refractivity contribution in [3.8, 4) is 11.5 Å². The molecule has 0 bridgehead atoms. The van der Waals surface area contributed by atoms with E-state index in [9.17, 15) is 15.0 Å². The molecule has 0 aliphatic rings. The third kappa shape index (κ3) is 5.70. The molecule has 0 aromatic heterocycles. The Morgan fingerprint density at radius 1 is 1.03 bits per heavy atom.